The van der Waals surface area contributed by atoms with Gasteiger partial charge in [-0.3, -0.25) is 10.1 Å². The summed E-state index contributed by atoms with van der Waals surface area (Å²) in [5.74, 6) is -2.16. The lowest BCUT2D eigenvalue weighted by atomic mass is 10.0. The van der Waals surface area contributed by atoms with Crippen LogP contribution in [0.2, 0.25) is 0 Å². The van der Waals surface area contributed by atoms with Gasteiger partial charge in [-0.15, -0.1) is 0 Å². The van der Waals surface area contributed by atoms with Crippen molar-refractivity contribution in [1.82, 2.24) is 0 Å². The molecule has 0 saturated carbocycles. The SMILES string of the molecule is CCOC(=O)C(F)[C@@H](N)c1cc([N+](=O)[O-])ccc1F. The summed E-state index contributed by atoms with van der Waals surface area (Å²) in [6.07, 6.45) is -2.29. The summed E-state index contributed by atoms with van der Waals surface area (Å²) in [4.78, 5) is 20.9. The van der Waals surface area contributed by atoms with Gasteiger partial charge in [0.15, 0.2) is 0 Å². The molecule has 104 valence electrons. The van der Waals surface area contributed by atoms with Crippen molar-refractivity contribution in [3.63, 3.8) is 0 Å². The molecule has 0 fully saturated rings. The van der Waals surface area contributed by atoms with Crippen molar-refractivity contribution < 1.29 is 23.2 Å². The molecule has 1 aromatic rings. The maximum atomic E-state index is 13.6. The monoisotopic (exact) mass is 274 g/mol. The van der Waals surface area contributed by atoms with E-state index in [1.807, 2.05) is 0 Å². The first-order chi connectivity index (χ1) is 8.88. The molecule has 0 spiro atoms. The van der Waals surface area contributed by atoms with E-state index in [9.17, 15) is 23.7 Å². The van der Waals surface area contributed by atoms with E-state index in [2.05, 4.69) is 4.74 Å². The van der Waals surface area contributed by atoms with Gasteiger partial charge in [0, 0.05) is 17.7 Å². The Labute approximate surface area is 107 Å². The number of nitrogens with two attached hydrogens (primary N) is 1. The van der Waals surface area contributed by atoms with E-state index in [1.54, 1.807) is 0 Å². The van der Waals surface area contributed by atoms with Crippen LogP contribution in [-0.4, -0.2) is 23.7 Å². The third kappa shape index (κ3) is 3.44. The topological polar surface area (TPSA) is 95.5 Å². The molecule has 2 N–H and O–H groups in total. The van der Waals surface area contributed by atoms with E-state index in [0.717, 1.165) is 18.2 Å². The van der Waals surface area contributed by atoms with Crippen LogP contribution in [0.3, 0.4) is 0 Å². The van der Waals surface area contributed by atoms with Crippen molar-refractivity contribution >= 4 is 11.7 Å². The Morgan fingerprint density at radius 2 is 2.21 bits per heavy atom. The first-order valence-corrected chi connectivity index (χ1v) is 5.38. The van der Waals surface area contributed by atoms with Crippen LogP contribution in [0, 0.1) is 15.9 Å². The maximum absolute atomic E-state index is 13.6. The normalized spacial score (nSPS) is 13.7. The second-order valence-corrected chi connectivity index (χ2v) is 3.64. The number of esters is 1. The fourth-order valence-corrected chi connectivity index (χ4v) is 1.43. The molecular weight excluding hydrogens is 262 g/mol. The third-order valence-corrected chi connectivity index (χ3v) is 2.38. The minimum Gasteiger partial charge on any atom is -0.464 e. The number of nitro groups is 1. The van der Waals surface area contributed by atoms with Gasteiger partial charge in [0.2, 0.25) is 6.17 Å². The second kappa shape index (κ2) is 6.19. The largest absolute Gasteiger partial charge is 0.464 e. The smallest absolute Gasteiger partial charge is 0.342 e. The number of carbonyl (C=O) groups is 1. The van der Waals surface area contributed by atoms with Gasteiger partial charge >= 0.3 is 5.97 Å². The van der Waals surface area contributed by atoms with Gasteiger partial charge in [-0.2, -0.15) is 0 Å². The lowest BCUT2D eigenvalue weighted by Crippen LogP contribution is -2.32. The Hall–Kier alpha value is -2.09. The highest BCUT2D eigenvalue weighted by Gasteiger charge is 2.30. The lowest BCUT2D eigenvalue weighted by molar-refractivity contribution is -0.385. The quantitative estimate of drug-likeness (QED) is 0.500. The number of carbonyl (C=O) groups excluding carboxylic acids is 1. The predicted molar refractivity (Wildman–Crippen MR) is 61.5 cm³/mol. The van der Waals surface area contributed by atoms with Gasteiger partial charge in [0.05, 0.1) is 17.6 Å². The van der Waals surface area contributed by atoms with Gasteiger partial charge in [-0.05, 0) is 13.0 Å². The summed E-state index contributed by atoms with van der Waals surface area (Å²) in [7, 11) is 0. The van der Waals surface area contributed by atoms with E-state index in [1.165, 1.54) is 6.92 Å². The highest BCUT2D eigenvalue weighted by atomic mass is 19.1. The highest BCUT2D eigenvalue weighted by Crippen LogP contribution is 2.25. The first kappa shape index (κ1) is 15.0. The maximum Gasteiger partial charge on any atom is 0.342 e. The van der Waals surface area contributed by atoms with E-state index >= 15 is 0 Å². The second-order valence-electron chi connectivity index (χ2n) is 3.64. The lowest BCUT2D eigenvalue weighted by Gasteiger charge is -2.16. The van der Waals surface area contributed by atoms with E-state index in [0.29, 0.717) is 0 Å². The van der Waals surface area contributed by atoms with Crippen LogP contribution in [0.25, 0.3) is 0 Å². The van der Waals surface area contributed by atoms with Crippen LogP contribution in [0.15, 0.2) is 18.2 Å². The van der Waals surface area contributed by atoms with Crippen molar-refractivity contribution in [2.24, 2.45) is 5.73 Å². The molecule has 6 nitrogen and oxygen atoms in total. The molecule has 0 saturated heterocycles. The standard InChI is InChI=1S/C11H12F2N2O4/c1-2-19-11(16)9(13)10(14)7-5-6(15(17)18)3-4-8(7)12/h3-5,9-10H,2,14H2,1H3/t9?,10-/m0/s1. The van der Waals surface area contributed by atoms with Gasteiger partial charge in [-0.1, -0.05) is 0 Å². The van der Waals surface area contributed by atoms with Crippen LogP contribution < -0.4 is 5.73 Å². The highest BCUT2D eigenvalue weighted by molar-refractivity contribution is 5.75. The molecule has 0 bridgehead atoms. The Balaban J connectivity index is 3.04. The van der Waals surface area contributed by atoms with Crippen LogP contribution in [0.4, 0.5) is 14.5 Å². The van der Waals surface area contributed by atoms with Gasteiger partial charge in [0.25, 0.3) is 5.69 Å². The summed E-state index contributed by atoms with van der Waals surface area (Å²) in [6.45, 7) is 1.42. The Kier molecular flexibility index (Phi) is 4.87. The number of non-ortho nitro benzene ring substituents is 1. The summed E-state index contributed by atoms with van der Waals surface area (Å²) < 4.78 is 31.5. The van der Waals surface area contributed by atoms with Crippen LogP contribution >= 0.6 is 0 Å². The van der Waals surface area contributed by atoms with Crippen LogP contribution in [-0.2, 0) is 9.53 Å². The van der Waals surface area contributed by atoms with E-state index in [4.69, 9.17) is 5.73 Å². The molecule has 0 aliphatic carbocycles. The fraction of sp³-hybridized carbons (Fsp3) is 0.364. The molecule has 19 heavy (non-hydrogen) atoms. The summed E-state index contributed by atoms with van der Waals surface area (Å²) in [6, 6.07) is 0.846. The molecular formula is C11H12F2N2O4. The van der Waals surface area contributed by atoms with Crippen LogP contribution in [0.1, 0.15) is 18.5 Å². The molecule has 1 unspecified atom stereocenters. The molecule has 0 radical (unpaired) electrons. The minimum absolute atomic E-state index is 0.0522. The number of benzene rings is 1. The molecule has 0 amide bonds. The molecule has 0 heterocycles. The van der Waals surface area contributed by atoms with Crippen LogP contribution in [0.5, 0.6) is 0 Å². The molecule has 2 atom stereocenters. The van der Waals surface area contributed by atoms with E-state index < -0.39 is 40.2 Å². The summed E-state index contributed by atoms with van der Waals surface area (Å²) in [5, 5.41) is 10.6. The zero-order valence-corrected chi connectivity index (χ0v) is 10.0. The average molecular weight is 274 g/mol. The third-order valence-electron chi connectivity index (χ3n) is 2.38. The molecule has 0 aromatic heterocycles. The van der Waals surface area contributed by atoms with Crippen molar-refractivity contribution in [3.05, 3.63) is 39.7 Å². The van der Waals surface area contributed by atoms with Gasteiger partial charge in [-0.25, -0.2) is 13.6 Å². The number of nitrogens with zero attached hydrogens (tertiary/aromatic N) is 1. The fourth-order valence-electron chi connectivity index (χ4n) is 1.43. The Morgan fingerprint density at radius 1 is 1.58 bits per heavy atom. The number of hydrogen-bond donors (Lipinski definition) is 1. The number of nitro benzene ring substituents is 1. The number of alkyl halides is 1. The number of ether oxygens (including phenoxy) is 1. The molecule has 1 rings (SSSR count). The predicted octanol–water partition coefficient (Wildman–Crippen LogP) is 1.63. The zero-order valence-electron chi connectivity index (χ0n) is 10.0. The van der Waals surface area contributed by atoms with Gasteiger partial charge < -0.3 is 10.5 Å². The van der Waals surface area contributed by atoms with Crippen molar-refractivity contribution in [2.45, 2.75) is 19.1 Å². The summed E-state index contributed by atoms with van der Waals surface area (Å²) in [5.41, 5.74) is 4.51. The number of halogens is 2. The minimum atomic E-state index is -2.29. The Morgan fingerprint density at radius 3 is 2.74 bits per heavy atom. The number of hydrogen-bond acceptors (Lipinski definition) is 5. The van der Waals surface area contributed by atoms with Crippen molar-refractivity contribution in [1.29, 1.82) is 0 Å². The van der Waals surface area contributed by atoms with Gasteiger partial charge in [0.1, 0.15) is 5.82 Å². The summed E-state index contributed by atoms with van der Waals surface area (Å²) >= 11 is 0. The average Bonchev–Trinajstić information content (AvgIpc) is 2.37. The molecule has 0 aliphatic rings. The first-order valence-electron chi connectivity index (χ1n) is 5.38. The van der Waals surface area contributed by atoms with Crippen molar-refractivity contribution in [2.75, 3.05) is 6.61 Å². The van der Waals surface area contributed by atoms with E-state index in [-0.39, 0.29) is 6.61 Å². The zero-order chi connectivity index (χ0) is 14.6. The molecule has 8 heteroatoms. The molecule has 0 aliphatic heterocycles. The molecule has 1 aromatic carbocycles. The Bertz CT molecular complexity index is 496. The number of rotatable bonds is 5. The van der Waals surface area contributed by atoms with Crippen molar-refractivity contribution in [3.8, 4) is 0 Å².